The molecule has 0 spiro atoms. The van der Waals surface area contributed by atoms with Crippen molar-refractivity contribution in [2.24, 2.45) is 0 Å². The molecule has 1 aromatic heterocycles. The number of likely N-dealkylation sites (tertiary alicyclic amines) is 1. The van der Waals surface area contributed by atoms with Crippen molar-refractivity contribution in [1.29, 1.82) is 0 Å². The smallest absolute Gasteiger partial charge is 0.322 e. The van der Waals surface area contributed by atoms with Crippen molar-refractivity contribution >= 4 is 11.7 Å². The maximum atomic E-state index is 12.4. The van der Waals surface area contributed by atoms with Crippen LogP contribution in [0.15, 0.2) is 35.1 Å². The van der Waals surface area contributed by atoms with Gasteiger partial charge in [-0.15, -0.1) is 0 Å². The molecule has 1 N–H and O–H groups in total. The number of ether oxygens (including phenoxy) is 3. The number of amides is 2. The number of rotatable bonds is 4. The van der Waals surface area contributed by atoms with E-state index in [9.17, 15) is 9.59 Å². The van der Waals surface area contributed by atoms with Gasteiger partial charge in [0, 0.05) is 29.6 Å². The molecule has 0 atom stereocenters. The van der Waals surface area contributed by atoms with E-state index in [1.807, 2.05) is 17.6 Å². The Balaban J connectivity index is 1.16. The zero-order valence-corrected chi connectivity index (χ0v) is 15.5. The molecule has 1 saturated carbocycles. The normalized spacial score (nSPS) is 18.0. The third-order valence-corrected chi connectivity index (χ3v) is 5.21. The van der Waals surface area contributed by atoms with Gasteiger partial charge in [0.1, 0.15) is 11.9 Å². The second kappa shape index (κ2) is 6.47. The zero-order chi connectivity index (χ0) is 19.3. The predicted molar refractivity (Wildman–Crippen MR) is 101 cm³/mol. The number of hydrogen-bond donors (Lipinski definition) is 1. The maximum Gasteiger partial charge on any atom is 0.322 e. The number of carbonyl (C=O) groups excluding carboxylic acids is 1. The standard InChI is InChI=1S/C20H21N3O5/c1-12-6-15(8-19(24)23(12)14-3-4-14)28-16-9-22(10-16)20(25)21-13-2-5-17-18(7-13)27-11-26-17/h2,5-8,14,16H,3-4,9-11H2,1H3,(H,21,25). The van der Waals surface area contributed by atoms with Crippen LogP contribution in [0.3, 0.4) is 0 Å². The summed E-state index contributed by atoms with van der Waals surface area (Å²) in [6.07, 6.45) is 2.02. The third kappa shape index (κ3) is 3.15. The van der Waals surface area contributed by atoms with Gasteiger partial charge in [-0.25, -0.2) is 4.79 Å². The van der Waals surface area contributed by atoms with E-state index in [1.165, 1.54) is 0 Å². The Morgan fingerprint density at radius 1 is 1.14 bits per heavy atom. The molecular weight excluding hydrogens is 362 g/mol. The van der Waals surface area contributed by atoms with Crippen LogP contribution in [0, 0.1) is 6.92 Å². The van der Waals surface area contributed by atoms with Crippen molar-refractivity contribution in [3.8, 4) is 17.2 Å². The number of aromatic nitrogens is 1. The summed E-state index contributed by atoms with van der Waals surface area (Å²) in [7, 11) is 0. The van der Waals surface area contributed by atoms with Crippen LogP contribution in [0.25, 0.3) is 0 Å². The van der Waals surface area contributed by atoms with E-state index in [0.29, 0.717) is 42.1 Å². The molecule has 3 aliphatic rings. The van der Waals surface area contributed by atoms with E-state index in [-0.39, 0.29) is 24.5 Å². The number of anilines is 1. The van der Waals surface area contributed by atoms with E-state index >= 15 is 0 Å². The fraction of sp³-hybridized carbons (Fsp3) is 0.400. The van der Waals surface area contributed by atoms with Crippen LogP contribution in [-0.2, 0) is 0 Å². The molecular formula is C20H21N3O5. The first kappa shape index (κ1) is 17.0. The average Bonchev–Trinajstić information content (AvgIpc) is 3.33. The van der Waals surface area contributed by atoms with Crippen LogP contribution in [0.2, 0.25) is 0 Å². The Labute approximate surface area is 161 Å². The lowest BCUT2D eigenvalue weighted by molar-refractivity contribution is 0.0490. The number of nitrogens with zero attached hydrogens (tertiary/aromatic N) is 2. The molecule has 1 aliphatic carbocycles. The van der Waals surface area contributed by atoms with Crippen molar-refractivity contribution < 1.29 is 19.0 Å². The number of pyridine rings is 1. The van der Waals surface area contributed by atoms with Gasteiger partial charge in [-0.3, -0.25) is 4.79 Å². The van der Waals surface area contributed by atoms with Crippen LogP contribution in [0.4, 0.5) is 10.5 Å². The second-order valence-corrected chi connectivity index (χ2v) is 7.41. The summed E-state index contributed by atoms with van der Waals surface area (Å²) >= 11 is 0. The number of nitrogens with one attached hydrogen (secondary N) is 1. The molecule has 0 bridgehead atoms. The van der Waals surface area contributed by atoms with Gasteiger partial charge < -0.3 is 29.0 Å². The van der Waals surface area contributed by atoms with Gasteiger partial charge in [-0.05, 0) is 38.0 Å². The number of hydrogen-bond acceptors (Lipinski definition) is 5. The highest BCUT2D eigenvalue weighted by Crippen LogP contribution is 2.35. The molecule has 2 aliphatic heterocycles. The van der Waals surface area contributed by atoms with Crippen LogP contribution in [-0.4, -0.2) is 41.5 Å². The fourth-order valence-corrected chi connectivity index (χ4v) is 3.60. The monoisotopic (exact) mass is 383 g/mol. The minimum absolute atomic E-state index is 0.0192. The van der Waals surface area contributed by atoms with Crippen LogP contribution in [0.5, 0.6) is 17.2 Å². The largest absolute Gasteiger partial charge is 0.486 e. The second-order valence-electron chi connectivity index (χ2n) is 7.41. The average molecular weight is 383 g/mol. The van der Waals surface area contributed by atoms with E-state index in [0.717, 1.165) is 18.5 Å². The van der Waals surface area contributed by atoms with Crippen LogP contribution in [0.1, 0.15) is 24.6 Å². The minimum atomic E-state index is -0.195. The summed E-state index contributed by atoms with van der Waals surface area (Å²) in [6, 6.07) is 8.88. The van der Waals surface area contributed by atoms with Crippen LogP contribution < -0.4 is 25.1 Å². The highest BCUT2D eigenvalue weighted by atomic mass is 16.7. The summed E-state index contributed by atoms with van der Waals surface area (Å²) in [5, 5.41) is 2.85. The van der Waals surface area contributed by atoms with Gasteiger partial charge in [-0.2, -0.15) is 0 Å². The highest BCUT2D eigenvalue weighted by Gasteiger charge is 2.33. The van der Waals surface area contributed by atoms with Gasteiger partial charge in [0.05, 0.1) is 13.1 Å². The molecule has 2 fully saturated rings. The van der Waals surface area contributed by atoms with Crippen molar-refractivity contribution in [2.75, 3.05) is 25.2 Å². The first-order chi connectivity index (χ1) is 13.6. The summed E-state index contributed by atoms with van der Waals surface area (Å²) in [5.41, 5.74) is 1.55. The lowest BCUT2D eigenvalue weighted by Crippen LogP contribution is -2.57. The van der Waals surface area contributed by atoms with Gasteiger partial charge >= 0.3 is 6.03 Å². The molecule has 8 nitrogen and oxygen atoms in total. The van der Waals surface area contributed by atoms with Crippen molar-refractivity contribution in [1.82, 2.24) is 9.47 Å². The number of carbonyl (C=O) groups is 1. The van der Waals surface area contributed by atoms with Crippen LogP contribution >= 0.6 is 0 Å². The van der Waals surface area contributed by atoms with Crippen molar-refractivity contribution in [3.05, 3.63) is 46.4 Å². The molecule has 1 aromatic carbocycles. The summed E-state index contributed by atoms with van der Waals surface area (Å²) in [6.45, 7) is 3.07. The molecule has 28 heavy (non-hydrogen) atoms. The van der Waals surface area contributed by atoms with Crippen molar-refractivity contribution in [2.45, 2.75) is 31.9 Å². The topological polar surface area (TPSA) is 82.0 Å². The first-order valence-electron chi connectivity index (χ1n) is 9.42. The lowest BCUT2D eigenvalue weighted by atomic mass is 10.2. The number of benzene rings is 1. The molecule has 2 aromatic rings. The SMILES string of the molecule is Cc1cc(OC2CN(C(=O)Nc3ccc4c(c3)OCO4)C2)cc(=O)n1C1CC1. The molecule has 3 heterocycles. The summed E-state index contributed by atoms with van der Waals surface area (Å²) in [5.74, 6) is 1.87. The zero-order valence-electron chi connectivity index (χ0n) is 15.5. The van der Waals surface area contributed by atoms with E-state index in [4.69, 9.17) is 14.2 Å². The Bertz CT molecular complexity index is 992. The molecule has 2 amide bonds. The van der Waals surface area contributed by atoms with Gasteiger partial charge in [-0.1, -0.05) is 0 Å². The molecule has 0 unspecified atom stereocenters. The summed E-state index contributed by atoms with van der Waals surface area (Å²) in [4.78, 5) is 26.3. The first-order valence-corrected chi connectivity index (χ1v) is 9.42. The van der Waals surface area contributed by atoms with Gasteiger partial charge in [0.15, 0.2) is 11.5 Å². The Morgan fingerprint density at radius 3 is 2.68 bits per heavy atom. The van der Waals surface area contributed by atoms with Crippen molar-refractivity contribution in [3.63, 3.8) is 0 Å². The maximum absolute atomic E-state index is 12.4. The molecule has 1 saturated heterocycles. The quantitative estimate of drug-likeness (QED) is 0.877. The molecule has 5 rings (SSSR count). The third-order valence-electron chi connectivity index (χ3n) is 5.21. The lowest BCUT2D eigenvalue weighted by Gasteiger charge is -2.38. The molecule has 146 valence electrons. The number of aryl methyl sites for hydroxylation is 1. The Morgan fingerprint density at radius 2 is 1.93 bits per heavy atom. The van der Waals surface area contributed by atoms with E-state index in [2.05, 4.69) is 5.32 Å². The van der Waals surface area contributed by atoms with Gasteiger partial charge in [0.2, 0.25) is 6.79 Å². The minimum Gasteiger partial charge on any atom is -0.486 e. The van der Waals surface area contributed by atoms with E-state index < -0.39 is 0 Å². The predicted octanol–water partition coefficient (Wildman–Crippen LogP) is 2.52. The fourth-order valence-electron chi connectivity index (χ4n) is 3.60. The number of fused-ring (bicyclic) bond motifs is 1. The number of urea groups is 1. The highest BCUT2D eigenvalue weighted by molar-refractivity contribution is 5.90. The molecule has 0 radical (unpaired) electrons. The summed E-state index contributed by atoms with van der Waals surface area (Å²) < 4.78 is 18.3. The van der Waals surface area contributed by atoms with Gasteiger partial charge in [0.25, 0.3) is 5.56 Å². The molecule has 8 heteroatoms. The van der Waals surface area contributed by atoms with E-state index in [1.54, 1.807) is 29.2 Å². The Hall–Kier alpha value is -3.16. The Kier molecular flexibility index (Phi) is 3.92.